The Labute approximate surface area is 56.5 Å². The van der Waals surface area contributed by atoms with Crippen LogP contribution in [0.15, 0.2) is 11.3 Å². The van der Waals surface area contributed by atoms with Crippen molar-refractivity contribution in [2.45, 2.75) is 4.84 Å². The summed E-state index contributed by atoms with van der Waals surface area (Å²) in [5.41, 5.74) is 0. The van der Waals surface area contributed by atoms with Gasteiger partial charge in [0.25, 0.3) is 0 Å². The van der Waals surface area contributed by atoms with E-state index in [4.69, 9.17) is 39.9 Å². The molecule has 42 valence electrons. The van der Waals surface area contributed by atoms with E-state index < -0.39 is 4.84 Å². The minimum absolute atomic E-state index is 0.0309. The normalized spacial score (nSPS) is 12.9. The number of rotatable bonds is 1. The largest absolute Gasteiger partial charge is 0.514 e. The number of aliphatic hydroxyl groups is 1. The van der Waals surface area contributed by atoms with Crippen LogP contribution in [0, 0.1) is 0 Å². The summed E-state index contributed by atoms with van der Waals surface area (Å²) >= 11 is 15.4. The molecule has 4 heteroatoms. The molecule has 0 atom stereocenters. The molecule has 0 aromatic heterocycles. The third-order valence-corrected chi connectivity index (χ3v) is 1.34. The van der Waals surface area contributed by atoms with E-state index in [1.807, 2.05) is 0 Å². The zero-order valence-electron chi connectivity index (χ0n) is 3.24. The number of hydrogen-bond acceptors (Lipinski definition) is 1. The molecule has 0 aliphatic heterocycles. The van der Waals surface area contributed by atoms with Crippen molar-refractivity contribution in [3.05, 3.63) is 11.3 Å². The van der Waals surface area contributed by atoms with Crippen LogP contribution in [0.5, 0.6) is 0 Å². The summed E-state index contributed by atoms with van der Waals surface area (Å²) in [6.07, 6.45) is 0.659. The number of aliphatic hydroxyl groups excluding tert-OH is 1. The SMILES string of the molecule is OC=C(Cl)C(Cl)Cl. The first-order valence-electron chi connectivity index (χ1n) is 1.46. The average molecular weight is 161 g/mol. The van der Waals surface area contributed by atoms with E-state index in [1.165, 1.54) is 0 Å². The van der Waals surface area contributed by atoms with Crippen LogP contribution < -0.4 is 0 Å². The molecule has 0 rings (SSSR count). The van der Waals surface area contributed by atoms with Crippen molar-refractivity contribution in [2.75, 3.05) is 0 Å². The zero-order chi connectivity index (χ0) is 5.86. The van der Waals surface area contributed by atoms with Crippen LogP contribution in [-0.4, -0.2) is 9.94 Å². The summed E-state index contributed by atoms with van der Waals surface area (Å²) in [6.45, 7) is 0. The fourth-order valence-electron chi connectivity index (χ4n) is 0.0563. The van der Waals surface area contributed by atoms with Crippen molar-refractivity contribution >= 4 is 34.8 Å². The molecule has 0 fully saturated rings. The maximum atomic E-state index is 8.04. The van der Waals surface area contributed by atoms with E-state index in [1.54, 1.807) is 0 Å². The highest BCUT2D eigenvalue weighted by molar-refractivity contribution is 6.52. The lowest BCUT2D eigenvalue weighted by atomic mass is 10.7. The van der Waals surface area contributed by atoms with E-state index in [2.05, 4.69) is 0 Å². The van der Waals surface area contributed by atoms with Crippen molar-refractivity contribution in [2.24, 2.45) is 0 Å². The number of alkyl halides is 2. The van der Waals surface area contributed by atoms with E-state index in [9.17, 15) is 0 Å². The van der Waals surface area contributed by atoms with Crippen LogP contribution in [0.3, 0.4) is 0 Å². The van der Waals surface area contributed by atoms with Gasteiger partial charge >= 0.3 is 0 Å². The highest BCUT2D eigenvalue weighted by Crippen LogP contribution is 2.16. The summed E-state index contributed by atoms with van der Waals surface area (Å²) in [5, 5.41) is 8.07. The molecule has 0 unspecified atom stereocenters. The first-order chi connectivity index (χ1) is 3.18. The predicted octanol–water partition coefficient (Wildman–Crippen LogP) is 2.43. The molecule has 0 bridgehead atoms. The van der Waals surface area contributed by atoms with E-state index in [0.717, 1.165) is 0 Å². The van der Waals surface area contributed by atoms with Crippen LogP contribution in [0.1, 0.15) is 0 Å². The van der Waals surface area contributed by atoms with Crippen LogP contribution in [0.4, 0.5) is 0 Å². The van der Waals surface area contributed by atoms with E-state index in [-0.39, 0.29) is 5.03 Å². The van der Waals surface area contributed by atoms with Crippen molar-refractivity contribution in [1.29, 1.82) is 0 Å². The van der Waals surface area contributed by atoms with Gasteiger partial charge in [0.2, 0.25) is 0 Å². The summed E-state index contributed by atoms with van der Waals surface area (Å²) in [4.78, 5) is -0.813. The molecular weight excluding hydrogens is 158 g/mol. The highest BCUT2D eigenvalue weighted by atomic mass is 35.5. The Morgan fingerprint density at radius 3 is 2.00 bits per heavy atom. The Morgan fingerprint density at radius 2 is 2.00 bits per heavy atom. The van der Waals surface area contributed by atoms with Gasteiger partial charge in [-0.3, -0.25) is 0 Å². The number of hydrogen-bond donors (Lipinski definition) is 1. The summed E-state index contributed by atoms with van der Waals surface area (Å²) in [5.74, 6) is 0. The summed E-state index contributed by atoms with van der Waals surface area (Å²) in [6, 6.07) is 0. The molecule has 0 spiro atoms. The second-order valence-corrected chi connectivity index (χ2v) is 2.35. The fourth-order valence-corrected chi connectivity index (χ4v) is 0.169. The third-order valence-electron chi connectivity index (χ3n) is 0.332. The van der Waals surface area contributed by atoms with Gasteiger partial charge in [-0.05, 0) is 0 Å². The van der Waals surface area contributed by atoms with Crippen molar-refractivity contribution < 1.29 is 5.11 Å². The lowest BCUT2D eigenvalue weighted by molar-refractivity contribution is 0.470. The van der Waals surface area contributed by atoms with Crippen LogP contribution in [0.25, 0.3) is 0 Å². The van der Waals surface area contributed by atoms with Gasteiger partial charge in [0.1, 0.15) is 4.84 Å². The van der Waals surface area contributed by atoms with Crippen molar-refractivity contribution in [1.82, 2.24) is 0 Å². The average Bonchev–Trinajstić information content (AvgIpc) is 1.65. The molecule has 0 aliphatic carbocycles. The van der Waals surface area contributed by atoms with Gasteiger partial charge < -0.3 is 5.11 Å². The topological polar surface area (TPSA) is 20.2 Å². The van der Waals surface area contributed by atoms with Gasteiger partial charge in [-0.1, -0.05) is 34.8 Å². The molecule has 0 radical (unpaired) electrons. The van der Waals surface area contributed by atoms with Gasteiger partial charge in [0.05, 0.1) is 11.3 Å². The standard InChI is InChI=1S/C3H3Cl3O/c4-2(1-7)3(5)6/h1,3,7H. The van der Waals surface area contributed by atoms with Crippen LogP contribution in [-0.2, 0) is 0 Å². The quantitative estimate of drug-likeness (QED) is 0.463. The summed E-state index contributed by atoms with van der Waals surface area (Å²) < 4.78 is 0. The molecular formula is C3H3Cl3O. The zero-order valence-corrected chi connectivity index (χ0v) is 5.50. The first kappa shape index (κ1) is 7.41. The minimum Gasteiger partial charge on any atom is -0.514 e. The molecule has 1 N–H and O–H groups in total. The Hall–Kier alpha value is 0.410. The first-order valence-corrected chi connectivity index (χ1v) is 2.71. The minimum atomic E-state index is -0.813. The van der Waals surface area contributed by atoms with Gasteiger partial charge in [0.15, 0.2) is 0 Å². The maximum Gasteiger partial charge on any atom is 0.146 e. The molecule has 0 aromatic rings. The lowest BCUT2D eigenvalue weighted by Gasteiger charge is -1.91. The molecule has 0 amide bonds. The molecule has 0 heterocycles. The second-order valence-electron chi connectivity index (χ2n) is 0.815. The van der Waals surface area contributed by atoms with Gasteiger partial charge in [-0.15, -0.1) is 0 Å². The molecule has 0 saturated carbocycles. The molecule has 7 heavy (non-hydrogen) atoms. The summed E-state index contributed by atoms with van der Waals surface area (Å²) in [7, 11) is 0. The molecule has 1 nitrogen and oxygen atoms in total. The second kappa shape index (κ2) is 3.42. The predicted molar refractivity (Wildman–Crippen MR) is 32.1 cm³/mol. The van der Waals surface area contributed by atoms with Gasteiger partial charge in [-0.2, -0.15) is 0 Å². The Morgan fingerprint density at radius 1 is 1.57 bits per heavy atom. The molecule has 0 saturated heterocycles. The monoisotopic (exact) mass is 160 g/mol. The number of halogens is 3. The number of allylic oxidation sites excluding steroid dienone is 1. The van der Waals surface area contributed by atoms with Gasteiger partial charge in [-0.25, -0.2) is 0 Å². The fraction of sp³-hybridized carbons (Fsp3) is 0.333. The van der Waals surface area contributed by atoms with Crippen LogP contribution in [0.2, 0.25) is 0 Å². The van der Waals surface area contributed by atoms with Crippen molar-refractivity contribution in [3.63, 3.8) is 0 Å². The van der Waals surface area contributed by atoms with Crippen molar-refractivity contribution in [3.8, 4) is 0 Å². The third kappa shape index (κ3) is 3.03. The molecule has 0 aromatic carbocycles. The Bertz CT molecular complexity index is 78.2. The lowest BCUT2D eigenvalue weighted by Crippen LogP contribution is -1.83. The Balaban J connectivity index is 3.56. The Kier molecular flexibility index (Phi) is 3.62. The van der Waals surface area contributed by atoms with Gasteiger partial charge in [0, 0.05) is 0 Å². The maximum absolute atomic E-state index is 8.04. The highest BCUT2D eigenvalue weighted by Gasteiger charge is 2.00. The van der Waals surface area contributed by atoms with E-state index >= 15 is 0 Å². The molecule has 0 aliphatic rings. The van der Waals surface area contributed by atoms with Crippen LogP contribution >= 0.6 is 34.8 Å². The van der Waals surface area contributed by atoms with E-state index in [0.29, 0.717) is 6.26 Å². The smallest absolute Gasteiger partial charge is 0.146 e.